The van der Waals surface area contributed by atoms with Crippen LogP contribution < -0.4 is 14.9 Å². The zero-order valence-corrected chi connectivity index (χ0v) is 19.6. The molecular weight excluding hydrogens is 422 g/mol. The molecule has 2 amide bonds. The van der Waals surface area contributed by atoms with Gasteiger partial charge < -0.3 is 18.9 Å². The van der Waals surface area contributed by atoms with Crippen molar-refractivity contribution in [2.45, 2.75) is 27.3 Å². The van der Waals surface area contributed by atoms with Gasteiger partial charge in [-0.05, 0) is 62.7 Å². The Kier molecular flexibility index (Phi) is 7.66. The molecule has 3 aromatic rings. The van der Waals surface area contributed by atoms with Crippen molar-refractivity contribution < 1.29 is 19.1 Å². The molecule has 1 heterocycles. The van der Waals surface area contributed by atoms with Crippen molar-refractivity contribution in [2.24, 2.45) is 5.10 Å². The van der Waals surface area contributed by atoms with E-state index in [1.807, 2.05) is 19.9 Å². The summed E-state index contributed by atoms with van der Waals surface area (Å²) in [7, 11) is 3.33. The summed E-state index contributed by atoms with van der Waals surface area (Å²) >= 11 is 0. The van der Waals surface area contributed by atoms with Crippen LogP contribution in [-0.4, -0.2) is 59.8 Å². The van der Waals surface area contributed by atoms with Gasteiger partial charge in [-0.1, -0.05) is 0 Å². The highest BCUT2D eigenvalue weighted by atomic mass is 16.5. The predicted molar refractivity (Wildman–Crippen MR) is 127 cm³/mol. The lowest BCUT2D eigenvalue weighted by Gasteiger charge is -2.14. The number of carbonyl (C=O) groups is 2. The van der Waals surface area contributed by atoms with E-state index >= 15 is 0 Å². The molecule has 0 bridgehead atoms. The number of nitrogens with one attached hydrogen (secondary N) is 1. The Morgan fingerprint density at radius 1 is 1.12 bits per heavy atom. The maximum absolute atomic E-state index is 12.5. The fourth-order valence-electron chi connectivity index (χ4n) is 3.28. The second-order valence-corrected chi connectivity index (χ2v) is 7.52. The number of benzene rings is 2. The smallest absolute Gasteiger partial charge is 0.271 e. The molecule has 0 unspecified atom stereocenters. The number of amides is 2. The fraction of sp³-hybridized carbons (Fsp3) is 0.333. The standard InChI is InChI=1S/C24H29N5O4/c1-6-29-16(3)26-19-13-18(9-10-20(19)29)24(31)27-25-14-17-8-11-21(22(12-17)32-7-2)33-15-23(30)28(4)5/h8-14H,6-7,15H2,1-5H3,(H,27,31)/b25-14+. The van der Waals surface area contributed by atoms with Gasteiger partial charge in [0.15, 0.2) is 18.1 Å². The lowest BCUT2D eigenvalue weighted by atomic mass is 10.2. The summed E-state index contributed by atoms with van der Waals surface area (Å²) in [6.45, 7) is 7.03. The maximum atomic E-state index is 12.5. The van der Waals surface area contributed by atoms with Crippen LogP contribution in [0.25, 0.3) is 11.0 Å². The highest BCUT2D eigenvalue weighted by Crippen LogP contribution is 2.28. The van der Waals surface area contributed by atoms with Crippen molar-refractivity contribution in [3.8, 4) is 11.5 Å². The van der Waals surface area contributed by atoms with Gasteiger partial charge in [0.05, 0.1) is 23.9 Å². The van der Waals surface area contributed by atoms with Crippen LogP contribution in [0.3, 0.4) is 0 Å². The highest BCUT2D eigenvalue weighted by Gasteiger charge is 2.12. The zero-order valence-electron chi connectivity index (χ0n) is 19.6. The number of nitrogens with zero attached hydrogens (tertiary/aromatic N) is 4. The first kappa shape index (κ1) is 23.8. The van der Waals surface area contributed by atoms with Crippen LogP contribution in [0, 0.1) is 6.92 Å². The van der Waals surface area contributed by atoms with Gasteiger partial charge >= 0.3 is 0 Å². The van der Waals surface area contributed by atoms with Crippen molar-refractivity contribution in [3.63, 3.8) is 0 Å². The summed E-state index contributed by atoms with van der Waals surface area (Å²) in [6.07, 6.45) is 1.52. The van der Waals surface area contributed by atoms with Gasteiger partial charge in [-0.2, -0.15) is 5.10 Å². The van der Waals surface area contributed by atoms with Gasteiger partial charge in [0.2, 0.25) is 0 Å². The summed E-state index contributed by atoms with van der Waals surface area (Å²) in [5, 5.41) is 4.06. The monoisotopic (exact) mass is 451 g/mol. The van der Waals surface area contributed by atoms with E-state index in [9.17, 15) is 9.59 Å². The number of imidazole rings is 1. The minimum atomic E-state index is -0.330. The Hall–Kier alpha value is -3.88. The van der Waals surface area contributed by atoms with E-state index in [0.29, 0.717) is 29.2 Å². The molecule has 2 aromatic carbocycles. The molecule has 0 aliphatic carbocycles. The largest absolute Gasteiger partial charge is 0.490 e. The van der Waals surface area contributed by atoms with Crippen LogP contribution in [0.15, 0.2) is 41.5 Å². The number of likely N-dealkylation sites (N-methyl/N-ethyl adjacent to an activating group) is 1. The number of aromatic nitrogens is 2. The average Bonchev–Trinajstić information content (AvgIpc) is 3.12. The number of hydrogen-bond donors (Lipinski definition) is 1. The number of ether oxygens (including phenoxy) is 2. The number of rotatable bonds is 9. The molecule has 0 aliphatic rings. The number of carbonyl (C=O) groups excluding carboxylic acids is 2. The second-order valence-electron chi connectivity index (χ2n) is 7.52. The van der Waals surface area contributed by atoms with Gasteiger partial charge in [-0.25, -0.2) is 10.4 Å². The van der Waals surface area contributed by atoms with Crippen molar-refractivity contribution in [1.82, 2.24) is 19.9 Å². The van der Waals surface area contributed by atoms with Crippen LogP contribution in [0.4, 0.5) is 0 Å². The zero-order chi connectivity index (χ0) is 24.0. The van der Waals surface area contributed by atoms with Crippen molar-refractivity contribution >= 4 is 29.1 Å². The van der Waals surface area contributed by atoms with Crippen molar-refractivity contribution in [1.29, 1.82) is 0 Å². The van der Waals surface area contributed by atoms with E-state index in [1.165, 1.54) is 11.1 Å². The Bertz CT molecular complexity index is 1180. The fourth-order valence-corrected chi connectivity index (χ4v) is 3.28. The van der Waals surface area contributed by atoms with Crippen molar-refractivity contribution in [2.75, 3.05) is 27.3 Å². The minimum absolute atomic E-state index is 0.0864. The minimum Gasteiger partial charge on any atom is -0.490 e. The average molecular weight is 452 g/mol. The first-order chi connectivity index (χ1) is 15.8. The topological polar surface area (TPSA) is 98.0 Å². The van der Waals surface area contributed by atoms with Gasteiger partial charge in [0.25, 0.3) is 11.8 Å². The van der Waals surface area contributed by atoms with Crippen LogP contribution in [0.2, 0.25) is 0 Å². The van der Waals surface area contributed by atoms with Gasteiger partial charge in [-0.3, -0.25) is 9.59 Å². The molecule has 1 N–H and O–H groups in total. The molecule has 1 aromatic heterocycles. The van der Waals surface area contributed by atoms with E-state index in [1.54, 1.807) is 44.4 Å². The maximum Gasteiger partial charge on any atom is 0.271 e. The molecule has 0 radical (unpaired) electrons. The second kappa shape index (κ2) is 10.6. The number of hydrazone groups is 1. The first-order valence-electron chi connectivity index (χ1n) is 10.7. The normalized spacial score (nSPS) is 11.1. The third-order valence-corrected chi connectivity index (χ3v) is 5.01. The lowest BCUT2D eigenvalue weighted by Crippen LogP contribution is -2.27. The Morgan fingerprint density at radius 3 is 2.61 bits per heavy atom. The lowest BCUT2D eigenvalue weighted by molar-refractivity contribution is -0.130. The molecule has 0 atom stereocenters. The van der Waals surface area contributed by atoms with E-state index in [4.69, 9.17) is 9.47 Å². The number of fused-ring (bicyclic) bond motifs is 1. The highest BCUT2D eigenvalue weighted by molar-refractivity contribution is 5.98. The molecule has 174 valence electrons. The van der Waals surface area contributed by atoms with Gasteiger partial charge in [-0.15, -0.1) is 0 Å². The Morgan fingerprint density at radius 2 is 1.91 bits per heavy atom. The molecule has 0 saturated heterocycles. The van der Waals surface area contributed by atoms with E-state index < -0.39 is 0 Å². The SMILES string of the molecule is CCOc1cc(/C=N/NC(=O)c2ccc3c(c2)nc(C)n3CC)ccc1OCC(=O)N(C)C. The summed E-state index contributed by atoms with van der Waals surface area (Å²) in [6, 6.07) is 10.6. The third-order valence-electron chi connectivity index (χ3n) is 5.01. The summed E-state index contributed by atoms with van der Waals surface area (Å²) in [4.78, 5) is 30.3. The quantitative estimate of drug-likeness (QED) is 0.398. The van der Waals surface area contributed by atoms with Crippen LogP contribution >= 0.6 is 0 Å². The van der Waals surface area contributed by atoms with Gasteiger partial charge in [0.1, 0.15) is 5.82 Å². The molecule has 33 heavy (non-hydrogen) atoms. The van der Waals surface area contributed by atoms with E-state index in [2.05, 4.69) is 27.0 Å². The number of aryl methyl sites for hydroxylation is 2. The summed E-state index contributed by atoms with van der Waals surface area (Å²) in [5.41, 5.74) is 5.49. The summed E-state index contributed by atoms with van der Waals surface area (Å²) in [5.74, 6) is 1.38. The molecule has 3 rings (SSSR count). The van der Waals surface area contributed by atoms with Crippen molar-refractivity contribution in [3.05, 3.63) is 53.3 Å². The van der Waals surface area contributed by atoms with E-state index in [-0.39, 0.29) is 18.4 Å². The van der Waals surface area contributed by atoms with Crippen LogP contribution in [-0.2, 0) is 11.3 Å². The molecule has 9 nitrogen and oxygen atoms in total. The Balaban J connectivity index is 1.68. The van der Waals surface area contributed by atoms with E-state index in [0.717, 1.165) is 23.4 Å². The van der Waals surface area contributed by atoms with Gasteiger partial charge in [0, 0.05) is 26.2 Å². The molecular formula is C24H29N5O4. The molecule has 0 saturated carbocycles. The van der Waals surface area contributed by atoms with Crippen LogP contribution in [0.5, 0.6) is 11.5 Å². The molecule has 0 fully saturated rings. The third kappa shape index (κ3) is 5.68. The summed E-state index contributed by atoms with van der Waals surface area (Å²) < 4.78 is 13.3. The number of hydrogen-bond acceptors (Lipinski definition) is 6. The first-order valence-corrected chi connectivity index (χ1v) is 10.7. The molecule has 0 aliphatic heterocycles. The predicted octanol–water partition coefficient (Wildman–Crippen LogP) is 2.99. The molecule has 9 heteroatoms. The van der Waals surface area contributed by atoms with Crippen LogP contribution in [0.1, 0.15) is 35.6 Å². The Labute approximate surface area is 193 Å². The molecule has 0 spiro atoms.